The first-order chi connectivity index (χ1) is 13.5. The van der Waals surface area contributed by atoms with E-state index in [9.17, 15) is 9.59 Å². The standard InChI is InChI=1S/C21H26ClN3O3/c1-15(17-6-3-4-7-18(17)22)23-20(26)14-24-12-9-16(10-13-24)25-11-5-8-19(25)21(27)28-2/h3-8,11,15-16H,9-10,12-14H2,1-2H3,(H,23,26). The third-order valence-corrected chi connectivity index (χ3v) is 5.58. The smallest absolute Gasteiger partial charge is 0.354 e. The van der Waals surface area contributed by atoms with E-state index in [4.69, 9.17) is 16.3 Å². The molecule has 2 heterocycles. The fourth-order valence-electron chi connectivity index (χ4n) is 3.74. The van der Waals surface area contributed by atoms with Crippen LogP contribution in [0.4, 0.5) is 0 Å². The van der Waals surface area contributed by atoms with Crippen LogP contribution in [0.2, 0.25) is 5.02 Å². The molecule has 0 spiro atoms. The number of likely N-dealkylation sites (tertiary alicyclic amines) is 1. The van der Waals surface area contributed by atoms with E-state index >= 15 is 0 Å². The van der Waals surface area contributed by atoms with Crippen LogP contribution < -0.4 is 5.32 Å². The van der Waals surface area contributed by atoms with Crippen molar-refractivity contribution < 1.29 is 14.3 Å². The molecule has 0 bridgehead atoms. The monoisotopic (exact) mass is 403 g/mol. The normalized spacial score (nSPS) is 16.5. The molecule has 1 fully saturated rings. The molecular formula is C21H26ClN3O3. The number of piperidine rings is 1. The molecule has 28 heavy (non-hydrogen) atoms. The molecule has 0 saturated carbocycles. The third kappa shape index (κ3) is 4.75. The van der Waals surface area contributed by atoms with Gasteiger partial charge in [-0.15, -0.1) is 0 Å². The third-order valence-electron chi connectivity index (χ3n) is 5.24. The lowest BCUT2D eigenvalue weighted by Crippen LogP contribution is -2.42. The number of halogens is 1. The van der Waals surface area contributed by atoms with Gasteiger partial charge in [-0.25, -0.2) is 4.79 Å². The number of ether oxygens (including phenoxy) is 1. The molecule has 1 amide bonds. The van der Waals surface area contributed by atoms with Gasteiger partial charge in [-0.05, 0) is 43.5 Å². The van der Waals surface area contributed by atoms with Crippen molar-refractivity contribution in [3.05, 3.63) is 58.9 Å². The van der Waals surface area contributed by atoms with E-state index in [0.29, 0.717) is 17.3 Å². The first-order valence-corrected chi connectivity index (χ1v) is 9.88. The number of benzene rings is 1. The van der Waals surface area contributed by atoms with Crippen LogP contribution >= 0.6 is 11.6 Å². The first kappa shape index (κ1) is 20.4. The van der Waals surface area contributed by atoms with Crippen LogP contribution in [-0.2, 0) is 9.53 Å². The Morgan fingerprint density at radius 1 is 1.21 bits per heavy atom. The van der Waals surface area contributed by atoms with Crippen LogP contribution in [0.5, 0.6) is 0 Å². The largest absolute Gasteiger partial charge is 0.464 e. The Bertz CT molecular complexity index is 828. The highest BCUT2D eigenvalue weighted by atomic mass is 35.5. The van der Waals surface area contributed by atoms with Gasteiger partial charge in [0, 0.05) is 30.4 Å². The second-order valence-electron chi connectivity index (χ2n) is 7.11. The second-order valence-corrected chi connectivity index (χ2v) is 7.52. The topological polar surface area (TPSA) is 63.6 Å². The highest BCUT2D eigenvalue weighted by Crippen LogP contribution is 2.25. The summed E-state index contributed by atoms with van der Waals surface area (Å²) >= 11 is 6.21. The van der Waals surface area contributed by atoms with Crippen molar-refractivity contribution in [2.45, 2.75) is 31.8 Å². The summed E-state index contributed by atoms with van der Waals surface area (Å²) in [5.74, 6) is -0.331. The number of carbonyl (C=O) groups excluding carboxylic acids is 2. The van der Waals surface area contributed by atoms with Gasteiger partial charge in [0.1, 0.15) is 5.69 Å². The molecule has 1 atom stereocenters. The fraction of sp³-hybridized carbons (Fsp3) is 0.429. The fourth-order valence-corrected chi connectivity index (χ4v) is 4.04. The maximum atomic E-state index is 12.4. The Morgan fingerprint density at radius 3 is 2.61 bits per heavy atom. The highest BCUT2D eigenvalue weighted by Gasteiger charge is 2.25. The number of hydrogen-bond donors (Lipinski definition) is 1. The Hall–Kier alpha value is -2.31. The van der Waals surface area contributed by atoms with Gasteiger partial charge in [0.2, 0.25) is 5.91 Å². The maximum Gasteiger partial charge on any atom is 0.354 e. The van der Waals surface area contributed by atoms with Gasteiger partial charge in [-0.2, -0.15) is 0 Å². The number of nitrogens with one attached hydrogen (secondary N) is 1. The number of rotatable bonds is 6. The summed E-state index contributed by atoms with van der Waals surface area (Å²) in [6.07, 6.45) is 3.68. The van der Waals surface area contributed by atoms with Crippen LogP contribution in [-0.4, -0.2) is 48.1 Å². The summed E-state index contributed by atoms with van der Waals surface area (Å²) in [6, 6.07) is 11.3. The molecule has 1 saturated heterocycles. The van der Waals surface area contributed by atoms with Crippen molar-refractivity contribution in [2.75, 3.05) is 26.7 Å². The van der Waals surface area contributed by atoms with E-state index in [1.165, 1.54) is 7.11 Å². The van der Waals surface area contributed by atoms with Crippen LogP contribution in [0, 0.1) is 0 Å². The minimum atomic E-state index is -0.319. The molecule has 7 heteroatoms. The van der Waals surface area contributed by atoms with Gasteiger partial charge < -0.3 is 14.6 Å². The van der Waals surface area contributed by atoms with E-state index < -0.39 is 0 Å². The van der Waals surface area contributed by atoms with Crippen molar-refractivity contribution in [2.24, 2.45) is 0 Å². The Morgan fingerprint density at radius 2 is 1.93 bits per heavy atom. The second kappa shape index (κ2) is 9.26. The molecule has 1 aromatic carbocycles. The van der Waals surface area contributed by atoms with Crippen molar-refractivity contribution in [3.8, 4) is 0 Å². The van der Waals surface area contributed by atoms with Gasteiger partial charge >= 0.3 is 5.97 Å². The summed E-state index contributed by atoms with van der Waals surface area (Å²) < 4.78 is 6.84. The Labute approximate surface area is 170 Å². The lowest BCUT2D eigenvalue weighted by Gasteiger charge is -2.33. The molecule has 1 N–H and O–H groups in total. The van der Waals surface area contributed by atoms with Crippen LogP contribution in [0.25, 0.3) is 0 Å². The number of aromatic nitrogens is 1. The molecule has 1 aromatic heterocycles. The summed E-state index contributed by atoms with van der Waals surface area (Å²) in [7, 11) is 1.39. The zero-order valence-electron chi connectivity index (χ0n) is 16.2. The first-order valence-electron chi connectivity index (χ1n) is 9.51. The van der Waals surface area contributed by atoms with Gasteiger partial charge in [-0.3, -0.25) is 9.69 Å². The van der Waals surface area contributed by atoms with E-state index in [0.717, 1.165) is 31.5 Å². The van der Waals surface area contributed by atoms with Gasteiger partial charge in [0.05, 0.1) is 19.7 Å². The quantitative estimate of drug-likeness (QED) is 0.750. The molecule has 3 rings (SSSR count). The SMILES string of the molecule is COC(=O)c1cccn1C1CCN(CC(=O)NC(C)c2ccccc2Cl)CC1. The molecular weight excluding hydrogens is 378 g/mol. The lowest BCUT2D eigenvalue weighted by atomic mass is 10.0. The highest BCUT2D eigenvalue weighted by molar-refractivity contribution is 6.31. The average molecular weight is 404 g/mol. The molecule has 1 aliphatic rings. The van der Waals surface area contributed by atoms with Crippen LogP contribution in [0.15, 0.2) is 42.6 Å². The van der Waals surface area contributed by atoms with E-state index in [2.05, 4.69) is 10.2 Å². The van der Waals surface area contributed by atoms with Gasteiger partial charge in [0.15, 0.2) is 0 Å². The summed E-state index contributed by atoms with van der Waals surface area (Å²) in [6.45, 7) is 3.90. The number of nitrogens with zero attached hydrogens (tertiary/aromatic N) is 2. The molecule has 0 aliphatic carbocycles. The van der Waals surface area contributed by atoms with Crippen LogP contribution in [0.1, 0.15) is 47.9 Å². The lowest BCUT2D eigenvalue weighted by molar-refractivity contribution is -0.123. The zero-order chi connectivity index (χ0) is 20.1. The minimum Gasteiger partial charge on any atom is -0.464 e. The number of carbonyl (C=O) groups is 2. The number of amides is 1. The predicted octanol–water partition coefficient (Wildman–Crippen LogP) is 3.44. The number of esters is 1. The van der Waals surface area contributed by atoms with E-state index in [-0.39, 0.29) is 24.0 Å². The molecule has 1 aliphatic heterocycles. The predicted molar refractivity (Wildman–Crippen MR) is 108 cm³/mol. The van der Waals surface area contributed by atoms with E-state index in [1.807, 2.05) is 48.0 Å². The molecule has 150 valence electrons. The maximum absolute atomic E-state index is 12.4. The van der Waals surface area contributed by atoms with Crippen molar-refractivity contribution in [1.82, 2.24) is 14.8 Å². The molecule has 6 nitrogen and oxygen atoms in total. The van der Waals surface area contributed by atoms with Crippen molar-refractivity contribution in [3.63, 3.8) is 0 Å². The Kier molecular flexibility index (Phi) is 6.75. The number of hydrogen-bond acceptors (Lipinski definition) is 4. The van der Waals surface area contributed by atoms with Crippen molar-refractivity contribution >= 4 is 23.5 Å². The summed E-state index contributed by atoms with van der Waals surface area (Å²) in [5.41, 5.74) is 1.49. The summed E-state index contributed by atoms with van der Waals surface area (Å²) in [4.78, 5) is 26.5. The van der Waals surface area contributed by atoms with Gasteiger partial charge in [-0.1, -0.05) is 29.8 Å². The Balaban J connectivity index is 1.50. The minimum absolute atomic E-state index is 0.0120. The number of methoxy groups -OCH3 is 1. The molecule has 1 unspecified atom stereocenters. The van der Waals surface area contributed by atoms with Gasteiger partial charge in [0.25, 0.3) is 0 Å². The molecule has 0 radical (unpaired) electrons. The van der Waals surface area contributed by atoms with Crippen molar-refractivity contribution in [1.29, 1.82) is 0 Å². The molecule has 2 aromatic rings. The van der Waals surface area contributed by atoms with E-state index in [1.54, 1.807) is 6.07 Å². The summed E-state index contributed by atoms with van der Waals surface area (Å²) in [5, 5.41) is 3.68. The average Bonchev–Trinajstić information content (AvgIpc) is 3.18. The van der Waals surface area contributed by atoms with Crippen LogP contribution in [0.3, 0.4) is 0 Å². The zero-order valence-corrected chi connectivity index (χ0v) is 17.0.